The number of fused-ring (bicyclic) bond motifs is 1. The molecule has 3 heterocycles. The molecule has 2 aromatic heterocycles. The topological polar surface area (TPSA) is 81.6 Å². The van der Waals surface area contributed by atoms with E-state index in [4.69, 9.17) is 13.7 Å². The molecule has 1 amide bonds. The Kier molecular flexibility index (Phi) is 4.27. The maximum atomic E-state index is 12.1. The van der Waals surface area contributed by atoms with Gasteiger partial charge in [0.2, 0.25) is 5.82 Å². The third-order valence-corrected chi connectivity index (χ3v) is 3.98. The molecule has 1 aliphatic heterocycles. The summed E-state index contributed by atoms with van der Waals surface area (Å²) in [5.41, 5.74) is 1.49. The lowest BCUT2D eigenvalue weighted by Crippen LogP contribution is -2.39. The van der Waals surface area contributed by atoms with Crippen molar-refractivity contribution in [2.45, 2.75) is 13.3 Å². The highest BCUT2D eigenvalue weighted by molar-refractivity contribution is 5.98. The highest BCUT2D eigenvalue weighted by Crippen LogP contribution is 2.35. The fraction of sp³-hybridized carbons (Fsp3) is 0.211. The van der Waals surface area contributed by atoms with E-state index >= 15 is 0 Å². The zero-order valence-electron chi connectivity index (χ0n) is 14.2. The van der Waals surface area contributed by atoms with Crippen LogP contribution in [0.2, 0.25) is 0 Å². The highest BCUT2D eigenvalue weighted by atomic mass is 16.5. The van der Waals surface area contributed by atoms with Gasteiger partial charge in [0.25, 0.3) is 11.8 Å². The predicted molar refractivity (Wildman–Crippen MR) is 95.5 cm³/mol. The monoisotopic (exact) mass is 351 g/mol. The zero-order valence-corrected chi connectivity index (χ0v) is 14.2. The van der Waals surface area contributed by atoms with Crippen LogP contribution in [-0.2, 0) is 4.79 Å². The standard InChI is InChI=1S/C19H17N3O4/c1-2-9-22-15-11-13(5-7-16(15)25-12-18(22)23)19-20-17(26-21-19)8-6-14-4-3-10-24-14/h3-8,10-11H,2,9,12H2,1H3. The molecule has 0 radical (unpaired) electrons. The van der Waals surface area contributed by atoms with E-state index in [0.29, 0.717) is 29.8 Å². The molecule has 0 bridgehead atoms. The van der Waals surface area contributed by atoms with Gasteiger partial charge >= 0.3 is 0 Å². The molecule has 7 heteroatoms. The first-order chi connectivity index (χ1) is 12.7. The van der Waals surface area contributed by atoms with Crippen LogP contribution in [0.3, 0.4) is 0 Å². The molecule has 1 aliphatic rings. The molecule has 0 spiro atoms. The van der Waals surface area contributed by atoms with Crippen molar-refractivity contribution in [2.24, 2.45) is 0 Å². The largest absolute Gasteiger partial charge is 0.482 e. The molecule has 0 aliphatic carbocycles. The molecular formula is C19H17N3O4. The van der Waals surface area contributed by atoms with E-state index in [2.05, 4.69) is 10.1 Å². The predicted octanol–water partition coefficient (Wildman–Crippen LogP) is 3.64. The Labute approximate surface area is 149 Å². The third kappa shape index (κ3) is 3.11. The quantitative estimate of drug-likeness (QED) is 0.698. The second kappa shape index (κ2) is 6.87. The van der Waals surface area contributed by atoms with E-state index in [-0.39, 0.29) is 12.5 Å². The first kappa shape index (κ1) is 16.1. The van der Waals surface area contributed by atoms with Crippen LogP contribution in [-0.4, -0.2) is 29.2 Å². The summed E-state index contributed by atoms with van der Waals surface area (Å²) in [4.78, 5) is 18.2. The summed E-state index contributed by atoms with van der Waals surface area (Å²) < 4.78 is 16.0. The smallest absolute Gasteiger partial charge is 0.265 e. The highest BCUT2D eigenvalue weighted by Gasteiger charge is 2.25. The van der Waals surface area contributed by atoms with Crippen LogP contribution in [0.25, 0.3) is 23.5 Å². The van der Waals surface area contributed by atoms with Crippen molar-refractivity contribution in [3.63, 3.8) is 0 Å². The van der Waals surface area contributed by atoms with E-state index in [1.54, 1.807) is 29.4 Å². The van der Waals surface area contributed by atoms with Crippen LogP contribution in [0.4, 0.5) is 5.69 Å². The lowest BCUT2D eigenvalue weighted by atomic mass is 10.1. The Bertz CT molecular complexity index is 944. The van der Waals surface area contributed by atoms with Gasteiger partial charge < -0.3 is 18.6 Å². The van der Waals surface area contributed by atoms with Crippen molar-refractivity contribution >= 4 is 23.7 Å². The van der Waals surface area contributed by atoms with Crippen LogP contribution < -0.4 is 9.64 Å². The number of ether oxygens (including phenoxy) is 1. The number of hydrogen-bond donors (Lipinski definition) is 0. The molecular weight excluding hydrogens is 334 g/mol. The number of anilines is 1. The number of nitrogens with zero attached hydrogens (tertiary/aromatic N) is 3. The summed E-state index contributed by atoms with van der Waals surface area (Å²) in [7, 11) is 0. The molecule has 26 heavy (non-hydrogen) atoms. The summed E-state index contributed by atoms with van der Waals surface area (Å²) in [6.45, 7) is 2.74. The minimum absolute atomic E-state index is 0.0494. The first-order valence-electron chi connectivity index (χ1n) is 8.37. The fourth-order valence-electron chi connectivity index (χ4n) is 2.77. The molecule has 0 fully saturated rings. The van der Waals surface area contributed by atoms with Crippen LogP contribution in [0, 0.1) is 0 Å². The van der Waals surface area contributed by atoms with Crippen molar-refractivity contribution in [1.82, 2.24) is 10.1 Å². The molecule has 4 rings (SSSR count). The van der Waals surface area contributed by atoms with Crippen LogP contribution >= 0.6 is 0 Å². The van der Waals surface area contributed by atoms with Gasteiger partial charge in [0.15, 0.2) is 6.61 Å². The van der Waals surface area contributed by atoms with Gasteiger partial charge in [-0.15, -0.1) is 0 Å². The van der Waals surface area contributed by atoms with Crippen molar-refractivity contribution < 1.29 is 18.5 Å². The van der Waals surface area contributed by atoms with Crippen LogP contribution in [0.15, 0.2) is 45.5 Å². The number of aromatic nitrogens is 2. The molecule has 1 aromatic carbocycles. The normalized spacial score (nSPS) is 13.9. The average Bonchev–Trinajstić information content (AvgIpc) is 3.33. The Morgan fingerprint density at radius 1 is 1.27 bits per heavy atom. The maximum Gasteiger partial charge on any atom is 0.265 e. The Morgan fingerprint density at radius 2 is 2.19 bits per heavy atom. The number of benzene rings is 1. The molecule has 0 saturated heterocycles. The number of carbonyl (C=O) groups excluding carboxylic acids is 1. The summed E-state index contributed by atoms with van der Waals surface area (Å²) in [5.74, 6) is 2.15. The number of carbonyl (C=O) groups is 1. The van der Waals surface area contributed by atoms with Gasteiger partial charge in [-0.25, -0.2) is 0 Å². The number of amides is 1. The van der Waals surface area contributed by atoms with Gasteiger partial charge in [0.1, 0.15) is 11.5 Å². The van der Waals surface area contributed by atoms with E-state index in [9.17, 15) is 4.79 Å². The Hall–Kier alpha value is -3.35. The lowest BCUT2D eigenvalue weighted by molar-refractivity contribution is -0.121. The van der Waals surface area contributed by atoms with Crippen molar-refractivity contribution in [1.29, 1.82) is 0 Å². The van der Waals surface area contributed by atoms with E-state index < -0.39 is 0 Å². The molecule has 0 saturated carbocycles. The fourth-order valence-corrected chi connectivity index (χ4v) is 2.77. The third-order valence-electron chi connectivity index (χ3n) is 3.98. The SMILES string of the molecule is CCCN1C(=O)COc2ccc(-c3noc(C=Cc4ccco4)n3)cc21. The second-order valence-corrected chi connectivity index (χ2v) is 5.82. The van der Waals surface area contributed by atoms with Gasteiger partial charge in [-0.05, 0) is 42.8 Å². The number of furan rings is 1. The molecule has 0 N–H and O–H groups in total. The number of hydrogen-bond acceptors (Lipinski definition) is 6. The van der Waals surface area contributed by atoms with Crippen LogP contribution in [0.5, 0.6) is 5.75 Å². The Morgan fingerprint density at radius 3 is 3.00 bits per heavy atom. The molecule has 3 aromatic rings. The van der Waals surface area contributed by atoms with Crippen molar-refractivity contribution in [3.8, 4) is 17.1 Å². The van der Waals surface area contributed by atoms with Gasteiger partial charge in [-0.2, -0.15) is 4.98 Å². The minimum atomic E-state index is -0.0494. The van der Waals surface area contributed by atoms with E-state index in [1.165, 1.54) is 0 Å². The second-order valence-electron chi connectivity index (χ2n) is 5.82. The number of rotatable bonds is 5. The van der Waals surface area contributed by atoms with E-state index in [0.717, 1.165) is 17.7 Å². The van der Waals surface area contributed by atoms with E-state index in [1.807, 2.05) is 31.2 Å². The molecule has 0 atom stereocenters. The van der Waals surface area contributed by atoms with Gasteiger partial charge in [-0.3, -0.25) is 4.79 Å². The van der Waals surface area contributed by atoms with Gasteiger partial charge in [-0.1, -0.05) is 12.1 Å². The molecule has 7 nitrogen and oxygen atoms in total. The Balaban J connectivity index is 1.62. The minimum Gasteiger partial charge on any atom is -0.482 e. The van der Waals surface area contributed by atoms with Crippen molar-refractivity contribution in [3.05, 3.63) is 48.2 Å². The summed E-state index contributed by atoms with van der Waals surface area (Å²) in [6.07, 6.45) is 5.89. The lowest BCUT2D eigenvalue weighted by Gasteiger charge is -2.29. The average molecular weight is 351 g/mol. The molecule has 0 unspecified atom stereocenters. The van der Waals surface area contributed by atoms with Crippen molar-refractivity contribution in [2.75, 3.05) is 18.1 Å². The zero-order chi connectivity index (χ0) is 17.9. The maximum absolute atomic E-state index is 12.1. The first-order valence-corrected chi connectivity index (χ1v) is 8.37. The van der Waals surface area contributed by atoms with Gasteiger partial charge in [0.05, 0.1) is 12.0 Å². The molecule has 132 valence electrons. The summed E-state index contributed by atoms with van der Waals surface area (Å²) in [6, 6.07) is 9.17. The van der Waals surface area contributed by atoms with Crippen LogP contribution in [0.1, 0.15) is 25.0 Å². The van der Waals surface area contributed by atoms with Gasteiger partial charge in [0, 0.05) is 18.2 Å². The summed E-state index contributed by atoms with van der Waals surface area (Å²) in [5, 5.41) is 4.01. The summed E-state index contributed by atoms with van der Waals surface area (Å²) >= 11 is 0.